The lowest BCUT2D eigenvalue weighted by atomic mass is 9.75. The first kappa shape index (κ1) is 23.6. The minimum absolute atomic E-state index is 0.112. The van der Waals surface area contributed by atoms with Gasteiger partial charge in [-0.25, -0.2) is 0 Å². The maximum atomic E-state index is 13.3. The van der Waals surface area contributed by atoms with Gasteiger partial charge in [-0.1, -0.05) is 16.7 Å². The van der Waals surface area contributed by atoms with Gasteiger partial charge in [0.2, 0.25) is 5.89 Å². The van der Waals surface area contributed by atoms with Gasteiger partial charge in [0.15, 0.2) is 0 Å². The van der Waals surface area contributed by atoms with E-state index in [0.717, 1.165) is 42.9 Å². The molecule has 1 fully saturated rings. The molecule has 1 aliphatic rings. The fourth-order valence-corrected chi connectivity index (χ4v) is 5.06. The van der Waals surface area contributed by atoms with Crippen LogP contribution in [-0.4, -0.2) is 21.2 Å². The standard InChI is InChI=1S/C26H24ClF3N4O/c1-15(32-25-34-33-24(35-25)18-6-9-20(27)10-7-18)16-2-4-17(5-3-16)21-12-13-31-23-11-8-19(14-22(21)23)26(28,29)30/h6-17H,2-5H2,1H3,(H,32,34)/t15?,16-,17+. The summed E-state index contributed by atoms with van der Waals surface area (Å²) in [4.78, 5) is 4.27. The number of hydrogen-bond acceptors (Lipinski definition) is 5. The van der Waals surface area contributed by atoms with Crippen molar-refractivity contribution in [1.82, 2.24) is 15.2 Å². The zero-order chi connectivity index (χ0) is 24.6. The van der Waals surface area contributed by atoms with Crippen LogP contribution in [0.25, 0.3) is 22.4 Å². The van der Waals surface area contributed by atoms with Crippen LogP contribution >= 0.6 is 11.6 Å². The van der Waals surface area contributed by atoms with Crippen molar-refractivity contribution in [3.05, 3.63) is 70.9 Å². The molecule has 0 bridgehead atoms. The highest BCUT2D eigenvalue weighted by Gasteiger charge is 2.32. The Hall–Kier alpha value is -3.13. The summed E-state index contributed by atoms with van der Waals surface area (Å²) >= 11 is 5.93. The van der Waals surface area contributed by atoms with Crippen LogP contribution in [0.1, 0.15) is 49.7 Å². The molecule has 35 heavy (non-hydrogen) atoms. The van der Waals surface area contributed by atoms with Gasteiger partial charge in [-0.3, -0.25) is 4.98 Å². The Bertz CT molecular complexity index is 1310. The molecule has 2 aromatic heterocycles. The van der Waals surface area contributed by atoms with E-state index in [1.807, 2.05) is 18.2 Å². The van der Waals surface area contributed by atoms with Crippen LogP contribution in [-0.2, 0) is 6.18 Å². The summed E-state index contributed by atoms with van der Waals surface area (Å²) in [5.74, 6) is 1.01. The van der Waals surface area contributed by atoms with Crippen molar-refractivity contribution in [1.29, 1.82) is 0 Å². The molecule has 1 aliphatic carbocycles. The van der Waals surface area contributed by atoms with E-state index >= 15 is 0 Å². The second-order valence-corrected chi connectivity index (χ2v) is 9.53. The Morgan fingerprint density at radius 3 is 2.46 bits per heavy atom. The van der Waals surface area contributed by atoms with Gasteiger partial charge in [0.05, 0.1) is 11.1 Å². The molecular weight excluding hydrogens is 477 g/mol. The fraction of sp³-hybridized carbons (Fsp3) is 0.346. The molecule has 182 valence electrons. The summed E-state index contributed by atoms with van der Waals surface area (Å²) in [5, 5.41) is 12.8. The molecule has 2 aromatic carbocycles. The first-order valence-electron chi connectivity index (χ1n) is 11.6. The molecule has 0 saturated heterocycles. The second kappa shape index (κ2) is 9.49. The predicted molar refractivity (Wildman–Crippen MR) is 129 cm³/mol. The molecule has 1 atom stereocenters. The lowest BCUT2D eigenvalue weighted by Gasteiger charge is -2.33. The number of pyridine rings is 1. The van der Waals surface area contributed by atoms with E-state index in [1.165, 1.54) is 12.1 Å². The SMILES string of the molecule is CC(Nc1nnc(-c2ccc(Cl)cc2)o1)[C@H]1CC[C@@H](c2ccnc3ccc(C(F)(F)F)cc32)CC1. The van der Waals surface area contributed by atoms with Gasteiger partial charge >= 0.3 is 12.2 Å². The highest BCUT2D eigenvalue weighted by Crippen LogP contribution is 2.41. The van der Waals surface area contributed by atoms with Crippen molar-refractivity contribution < 1.29 is 17.6 Å². The van der Waals surface area contributed by atoms with Gasteiger partial charge in [0.1, 0.15) is 0 Å². The molecule has 1 unspecified atom stereocenters. The molecule has 4 aromatic rings. The lowest BCUT2D eigenvalue weighted by Crippen LogP contribution is -2.29. The van der Waals surface area contributed by atoms with Crippen molar-refractivity contribution in [2.75, 3.05) is 5.32 Å². The summed E-state index contributed by atoms with van der Waals surface area (Å²) in [6.07, 6.45) is 0.995. The molecule has 1 N–H and O–H groups in total. The summed E-state index contributed by atoms with van der Waals surface area (Å²) in [6.45, 7) is 2.09. The molecule has 2 heterocycles. The number of hydrogen-bond donors (Lipinski definition) is 1. The molecule has 0 amide bonds. The van der Waals surface area contributed by atoms with Gasteiger partial charge in [-0.05, 0) is 98.5 Å². The van der Waals surface area contributed by atoms with Crippen LogP contribution < -0.4 is 5.32 Å². The smallest absolute Gasteiger partial charge is 0.403 e. The van der Waals surface area contributed by atoms with Gasteiger partial charge < -0.3 is 9.73 Å². The maximum absolute atomic E-state index is 13.3. The van der Waals surface area contributed by atoms with Gasteiger partial charge in [0.25, 0.3) is 0 Å². The summed E-state index contributed by atoms with van der Waals surface area (Å²) in [5.41, 5.74) is 1.70. The second-order valence-electron chi connectivity index (χ2n) is 9.09. The van der Waals surface area contributed by atoms with Gasteiger partial charge in [-0.2, -0.15) is 13.2 Å². The molecular formula is C26H24ClF3N4O. The molecule has 5 nitrogen and oxygen atoms in total. The van der Waals surface area contributed by atoms with Gasteiger partial charge in [-0.15, -0.1) is 5.10 Å². The number of benzene rings is 2. The lowest BCUT2D eigenvalue weighted by molar-refractivity contribution is -0.137. The zero-order valence-corrected chi connectivity index (χ0v) is 19.8. The Morgan fingerprint density at radius 1 is 1.00 bits per heavy atom. The molecule has 0 spiro atoms. The number of rotatable bonds is 5. The summed E-state index contributed by atoms with van der Waals surface area (Å²) < 4.78 is 45.6. The van der Waals surface area contributed by atoms with Crippen molar-refractivity contribution in [2.24, 2.45) is 5.92 Å². The van der Waals surface area contributed by atoms with E-state index in [0.29, 0.717) is 33.7 Å². The summed E-state index contributed by atoms with van der Waals surface area (Å²) in [7, 11) is 0. The number of fused-ring (bicyclic) bond motifs is 1. The van der Waals surface area contributed by atoms with Crippen LogP contribution in [0.15, 0.2) is 59.1 Å². The van der Waals surface area contributed by atoms with Crippen molar-refractivity contribution >= 4 is 28.5 Å². The number of anilines is 1. The van der Waals surface area contributed by atoms with Crippen LogP contribution in [0.5, 0.6) is 0 Å². The van der Waals surface area contributed by atoms with Crippen molar-refractivity contribution in [3.63, 3.8) is 0 Å². The fourth-order valence-electron chi connectivity index (χ4n) is 4.93. The first-order valence-corrected chi connectivity index (χ1v) is 12.0. The largest absolute Gasteiger partial charge is 0.416 e. The van der Waals surface area contributed by atoms with Crippen LogP contribution in [0.3, 0.4) is 0 Å². The van der Waals surface area contributed by atoms with E-state index in [9.17, 15) is 13.2 Å². The first-order chi connectivity index (χ1) is 16.8. The van der Waals surface area contributed by atoms with Crippen LogP contribution in [0, 0.1) is 5.92 Å². The molecule has 1 saturated carbocycles. The van der Waals surface area contributed by atoms with E-state index in [4.69, 9.17) is 16.0 Å². The van der Waals surface area contributed by atoms with E-state index in [-0.39, 0.29) is 12.0 Å². The van der Waals surface area contributed by atoms with Crippen LogP contribution in [0.4, 0.5) is 19.2 Å². The highest BCUT2D eigenvalue weighted by molar-refractivity contribution is 6.30. The van der Waals surface area contributed by atoms with Crippen molar-refractivity contribution in [3.8, 4) is 11.5 Å². The molecule has 0 radical (unpaired) electrons. The number of halogens is 4. The summed E-state index contributed by atoms with van der Waals surface area (Å²) in [6, 6.07) is 13.3. The molecule has 5 rings (SSSR count). The molecule has 9 heteroatoms. The highest BCUT2D eigenvalue weighted by atomic mass is 35.5. The maximum Gasteiger partial charge on any atom is 0.416 e. The Kier molecular flexibility index (Phi) is 6.40. The Balaban J connectivity index is 1.24. The quantitative estimate of drug-likeness (QED) is 0.304. The molecule has 0 aliphatic heterocycles. The average Bonchev–Trinajstić information content (AvgIpc) is 3.31. The normalized spacial score (nSPS) is 19.6. The Morgan fingerprint density at radius 2 is 1.74 bits per heavy atom. The van der Waals surface area contributed by atoms with Crippen LogP contribution in [0.2, 0.25) is 5.02 Å². The number of nitrogens with zero attached hydrogens (tertiary/aromatic N) is 3. The van der Waals surface area contributed by atoms with Crippen molar-refractivity contribution in [2.45, 2.75) is 50.7 Å². The number of aromatic nitrogens is 3. The van der Waals surface area contributed by atoms with E-state index in [2.05, 4.69) is 27.4 Å². The topological polar surface area (TPSA) is 63.8 Å². The third kappa shape index (κ3) is 5.12. The van der Waals surface area contributed by atoms with E-state index < -0.39 is 11.7 Å². The predicted octanol–water partition coefficient (Wildman–Crippen LogP) is 7.73. The minimum Gasteiger partial charge on any atom is -0.403 e. The van der Waals surface area contributed by atoms with E-state index in [1.54, 1.807) is 18.3 Å². The Labute approximate surface area is 205 Å². The third-order valence-electron chi connectivity index (χ3n) is 6.89. The minimum atomic E-state index is -4.37. The number of nitrogens with one attached hydrogen (secondary N) is 1. The number of alkyl halides is 3. The average molecular weight is 501 g/mol. The third-order valence-corrected chi connectivity index (χ3v) is 7.14. The zero-order valence-electron chi connectivity index (χ0n) is 19.0. The monoisotopic (exact) mass is 500 g/mol. The van der Waals surface area contributed by atoms with Gasteiger partial charge in [0, 0.05) is 28.2 Å².